The van der Waals surface area contributed by atoms with Crippen molar-refractivity contribution in [2.45, 2.75) is 31.7 Å². The lowest BCUT2D eigenvalue weighted by Crippen LogP contribution is -2.30. The fraction of sp³-hybridized carbons (Fsp3) is 0.267. The molecule has 122 valence electrons. The third kappa shape index (κ3) is 4.14. The van der Waals surface area contributed by atoms with E-state index in [0.717, 1.165) is 5.56 Å². The molecule has 0 N–H and O–H groups in total. The summed E-state index contributed by atoms with van der Waals surface area (Å²) in [5.74, 6) is -0.126. The minimum Gasteiger partial charge on any atom is -0.305 e. The molecule has 1 aromatic carbocycles. The number of aryl methyl sites for hydroxylation is 1. The van der Waals surface area contributed by atoms with Gasteiger partial charge in [-0.2, -0.15) is 8.42 Å². The molecule has 1 atom stereocenters. The average Bonchev–Trinajstić information content (AvgIpc) is 2.48. The predicted octanol–water partition coefficient (Wildman–Crippen LogP) is 2.39. The maximum absolute atomic E-state index is 12.4. The van der Waals surface area contributed by atoms with Gasteiger partial charge in [0.05, 0.1) is 15.4 Å². The van der Waals surface area contributed by atoms with Gasteiger partial charge in [0.1, 0.15) is 0 Å². The van der Waals surface area contributed by atoms with Crippen molar-refractivity contribution in [3.05, 3.63) is 52.3 Å². The molecule has 0 fully saturated rings. The van der Waals surface area contributed by atoms with Crippen molar-refractivity contribution >= 4 is 31.7 Å². The summed E-state index contributed by atoms with van der Waals surface area (Å²) >= 11 is 3.26. The molecule has 0 aliphatic heterocycles. The topological polar surface area (TPSA) is 81.4 Å². The van der Waals surface area contributed by atoms with Crippen LogP contribution in [0.25, 0.3) is 0 Å². The van der Waals surface area contributed by atoms with Crippen molar-refractivity contribution in [3.63, 3.8) is 0 Å². The van der Waals surface area contributed by atoms with Crippen LogP contribution in [0.3, 0.4) is 0 Å². The van der Waals surface area contributed by atoms with E-state index in [9.17, 15) is 13.2 Å². The molecule has 23 heavy (non-hydrogen) atoms. The SMILES string of the molecule is CC(=O)C(C)n1cc(Br)cn/c1=N\S(=O)(=O)c1ccc(C)cc1. The standard InChI is InChI=1S/C15H16BrN3O3S/c1-10-4-6-14(7-5-10)23(21,22)18-15-17-8-13(16)9-19(15)11(2)12(3)20/h4-9,11H,1-3H3/b18-15+. The Balaban J connectivity index is 2.63. The summed E-state index contributed by atoms with van der Waals surface area (Å²) in [4.78, 5) is 15.7. The number of ketones is 1. The summed E-state index contributed by atoms with van der Waals surface area (Å²) < 4.78 is 30.7. The van der Waals surface area contributed by atoms with E-state index in [4.69, 9.17) is 0 Å². The highest BCUT2D eigenvalue weighted by molar-refractivity contribution is 9.10. The van der Waals surface area contributed by atoms with Gasteiger partial charge in [-0.25, -0.2) is 4.98 Å². The highest BCUT2D eigenvalue weighted by Gasteiger charge is 2.16. The van der Waals surface area contributed by atoms with E-state index < -0.39 is 16.1 Å². The number of aromatic nitrogens is 2. The van der Waals surface area contributed by atoms with Gasteiger partial charge in [-0.05, 0) is 48.8 Å². The van der Waals surface area contributed by atoms with Gasteiger partial charge >= 0.3 is 0 Å². The van der Waals surface area contributed by atoms with Gasteiger partial charge in [0.2, 0.25) is 5.62 Å². The van der Waals surface area contributed by atoms with E-state index >= 15 is 0 Å². The number of nitrogens with zero attached hydrogens (tertiary/aromatic N) is 3. The van der Waals surface area contributed by atoms with E-state index in [0.29, 0.717) is 4.47 Å². The van der Waals surface area contributed by atoms with Crippen molar-refractivity contribution in [2.75, 3.05) is 0 Å². The summed E-state index contributed by atoms with van der Waals surface area (Å²) in [6, 6.07) is 5.80. The van der Waals surface area contributed by atoms with Crippen LogP contribution in [0, 0.1) is 6.92 Å². The molecule has 0 aliphatic carbocycles. The van der Waals surface area contributed by atoms with Crippen LogP contribution in [0.4, 0.5) is 0 Å². The minimum atomic E-state index is -3.91. The Morgan fingerprint density at radius 2 is 1.91 bits per heavy atom. The first kappa shape index (κ1) is 17.6. The predicted molar refractivity (Wildman–Crippen MR) is 89.2 cm³/mol. The summed E-state index contributed by atoms with van der Waals surface area (Å²) in [6.45, 7) is 4.96. The quantitative estimate of drug-likeness (QED) is 0.792. The summed E-state index contributed by atoms with van der Waals surface area (Å²) in [7, 11) is -3.91. The maximum Gasteiger partial charge on any atom is 0.285 e. The molecule has 0 saturated heterocycles. The van der Waals surface area contributed by atoms with E-state index in [2.05, 4.69) is 25.3 Å². The molecule has 1 aromatic heterocycles. The summed E-state index contributed by atoms with van der Waals surface area (Å²) in [5.41, 5.74) is 0.905. The van der Waals surface area contributed by atoms with Crippen molar-refractivity contribution in [1.82, 2.24) is 9.55 Å². The molecule has 2 aromatic rings. The fourth-order valence-corrected chi connectivity index (χ4v) is 3.10. The third-order valence-corrected chi connectivity index (χ3v) is 5.00. The lowest BCUT2D eigenvalue weighted by atomic mass is 10.2. The molecule has 0 amide bonds. The number of Topliss-reactive ketones (excluding diaryl/α,β-unsaturated/α-hetero) is 1. The highest BCUT2D eigenvalue weighted by Crippen LogP contribution is 2.13. The summed E-state index contributed by atoms with van der Waals surface area (Å²) in [5, 5.41) is 0. The number of benzene rings is 1. The molecule has 0 radical (unpaired) electrons. The minimum absolute atomic E-state index is 0.0449. The normalized spacial score (nSPS) is 13.8. The number of carbonyl (C=O) groups is 1. The average molecular weight is 398 g/mol. The Kier molecular flexibility index (Phi) is 5.16. The molecule has 8 heteroatoms. The fourth-order valence-electron chi connectivity index (χ4n) is 1.83. The lowest BCUT2D eigenvalue weighted by Gasteiger charge is -2.13. The Labute approximate surface area is 143 Å². The maximum atomic E-state index is 12.4. The zero-order valence-electron chi connectivity index (χ0n) is 12.9. The molecular formula is C15H16BrN3O3S. The van der Waals surface area contributed by atoms with Gasteiger partial charge < -0.3 is 4.57 Å². The Bertz CT molecular complexity index is 902. The van der Waals surface area contributed by atoms with Crippen molar-refractivity contribution in [2.24, 2.45) is 4.40 Å². The van der Waals surface area contributed by atoms with Crippen molar-refractivity contribution in [1.29, 1.82) is 0 Å². The van der Waals surface area contributed by atoms with Gasteiger partial charge in [0.25, 0.3) is 10.0 Å². The van der Waals surface area contributed by atoms with Gasteiger partial charge in [-0.15, -0.1) is 4.40 Å². The van der Waals surface area contributed by atoms with Gasteiger partial charge in [0.15, 0.2) is 5.78 Å². The van der Waals surface area contributed by atoms with Crippen molar-refractivity contribution < 1.29 is 13.2 Å². The molecule has 1 unspecified atom stereocenters. The van der Waals surface area contributed by atoms with E-state index in [1.54, 1.807) is 25.3 Å². The van der Waals surface area contributed by atoms with Gasteiger partial charge in [-0.3, -0.25) is 4.79 Å². The first-order chi connectivity index (χ1) is 10.7. The largest absolute Gasteiger partial charge is 0.305 e. The molecule has 6 nitrogen and oxygen atoms in total. The second kappa shape index (κ2) is 6.76. The second-order valence-electron chi connectivity index (χ2n) is 5.15. The first-order valence-corrected chi connectivity index (χ1v) is 9.06. The van der Waals surface area contributed by atoms with Crippen LogP contribution >= 0.6 is 15.9 Å². The molecule has 2 rings (SSSR count). The zero-order chi connectivity index (χ0) is 17.2. The third-order valence-electron chi connectivity index (χ3n) is 3.32. The summed E-state index contributed by atoms with van der Waals surface area (Å²) in [6.07, 6.45) is 3.02. The first-order valence-electron chi connectivity index (χ1n) is 6.82. The van der Waals surface area contributed by atoms with Gasteiger partial charge in [0, 0.05) is 12.4 Å². The van der Waals surface area contributed by atoms with Crippen LogP contribution in [0.1, 0.15) is 25.5 Å². The Hall–Kier alpha value is -1.80. The van der Waals surface area contributed by atoms with E-state index in [1.165, 1.54) is 29.8 Å². The van der Waals surface area contributed by atoms with E-state index in [1.807, 2.05) is 6.92 Å². The second-order valence-corrected chi connectivity index (χ2v) is 7.67. The Morgan fingerprint density at radius 1 is 1.30 bits per heavy atom. The molecule has 1 heterocycles. The monoisotopic (exact) mass is 397 g/mol. The molecule has 0 bridgehead atoms. The van der Waals surface area contributed by atoms with Crippen LogP contribution < -0.4 is 5.62 Å². The van der Waals surface area contributed by atoms with Crippen LogP contribution in [-0.4, -0.2) is 23.8 Å². The smallest absolute Gasteiger partial charge is 0.285 e. The highest BCUT2D eigenvalue weighted by atomic mass is 79.9. The molecule has 0 saturated carbocycles. The molecule has 0 aliphatic rings. The molecular weight excluding hydrogens is 382 g/mol. The zero-order valence-corrected chi connectivity index (χ0v) is 15.3. The van der Waals surface area contributed by atoms with E-state index in [-0.39, 0.29) is 16.3 Å². The van der Waals surface area contributed by atoms with Gasteiger partial charge in [-0.1, -0.05) is 17.7 Å². The van der Waals surface area contributed by atoms with Crippen LogP contribution in [-0.2, 0) is 14.8 Å². The van der Waals surface area contributed by atoms with Crippen LogP contribution in [0.5, 0.6) is 0 Å². The number of halogens is 1. The Morgan fingerprint density at radius 3 is 2.48 bits per heavy atom. The number of sulfonamides is 1. The van der Waals surface area contributed by atoms with Crippen LogP contribution in [0.15, 0.2) is 50.4 Å². The number of carbonyl (C=O) groups excluding carboxylic acids is 1. The lowest BCUT2D eigenvalue weighted by molar-refractivity contribution is -0.119. The van der Waals surface area contributed by atoms with Crippen LogP contribution in [0.2, 0.25) is 0 Å². The number of hydrogen-bond donors (Lipinski definition) is 0. The molecule has 0 spiro atoms. The number of rotatable bonds is 4. The van der Waals surface area contributed by atoms with Crippen molar-refractivity contribution in [3.8, 4) is 0 Å². The number of hydrogen-bond acceptors (Lipinski definition) is 4.